The van der Waals surface area contributed by atoms with Crippen LogP contribution >= 0.6 is 0 Å². The van der Waals surface area contributed by atoms with Crippen LogP contribution in [0.2, 0.25) is 25.3 Å². The van der Waals surface area contributed by atoms with Gasteiger partial charge in [0.15, 0.2) is 0 Å². The number of hydrogen-bond donors (Lipinski definition) is 0. The van der Waals surface area contributed by atoms with Crippen LogP contribution < -0.4 is 51.4 Å². The molecule has 2 heteroatoms. The summed E-state index contributed by atoms with van der Waals surface area (Å²) in [5.41, 5.74) is 0. The Hall–Kier alpha value is 1.70. The van der Waals surface area contributed by atoms with E-state index in [-0.39, 0.29) is 57.5 Å². The molecule has 22 heavy (non-hydrogen) atoms. The molecular formula is C20H44BK. The summed E-state index contributed by atoms with van der Waals surface area (Å²) in [5.74, 6) is 0. The summed E-state index contributed by atoms with van der Waals surface area (Å²) in [6.07, 6.45) is 23.6. The molecule has 0 atom stereocenters. The first-order chi connectivity index (χ1) is 10.2. The molecule has 0 aliphatic heterocycles. The minimum Gasteiger partial charge on any atom is -0.178 e. The molecule has 0 aromatic rings. The predicted molar refractivity (Wildman–Crippen MR) is 103 cm³/mol. The van der Waals surface area contributed by atoms with Crippen molar-refractivity contribution < 1.29 is 51.4 Å². The topological polar surface area (TPSA) is 0 Å². The van der Waals surface area contributed by atoms with Crippen LogP contribution in [-0.2, 0) is 0 Å². The van der Waals surface area contributed by atoms with Crippen molar-refractivity contribution in [3.8, 4) is 0 Å². The molecule has 0 spiro atoms. The largest absolute Gasteiger partial charge is 1.00 e. The predicted octanol–water partition coefficient (Wildman–Crippen LogP) is 5.20. The molecule has 0 unspecified atom stereocenters. The van der Waals surface area contributed by atoms with E-state index < -0.39 is 0 Å². The number of unbranched alkanes of at least 4 members (excludes halogenated alkanes) is 8. The summed E-state index contributed by atoms with van der Waals surface area (Å²) in [5, 5.41) is 0. The maximum atomic E-state index is 2.35. The molecule has 0 N–H and O–H groups in total. The Morgan fingerprint density at radius 1 is 0.409 bits per heavy atom. The molecule has 0 saturated carbocycles. The van der Waals surface area contributed by atoms with Crippen molar-refractivity contribution >= 4 is 6.15 Å². The second kappa shape index (κ2) is 19.0. The van der Waals surface area contributed by atoms with Crippen molar-refractivity contribution in [3.63, 3.8) is 0 Å². The summed E-state index contributed by atoms with van der Waals surface area (Å²) >= 11 is 0. The van der Waals surface area contributed by atoms with Crippen LogP contribution in [0, 0.1) is 0 Å². The van der Waals surface area contributed by atoms with Gasteiger partial charge >= 0.3 is 51.4 Å². The van der Waals surface area contributed by atoms with E-state index in [4.69, 9.17) is 0 Å². The van der Waals surface area contributed by atoms with Crippen molar-refractivity contribution in [1.82, 2.24) is 0 Å². The Labute approximate surface area is 185 Å². The van der Waals surface area contributed by atoms with Gasteiger partial charge in [0.2, 0.25) is 0 Å². The number of rotatable bonds is 16. The first-order valence-electron chi connectivity index (χ1n) is 10.5. The van der Waals surface area contributed by atoms with Gasteiger partial charge in [-0.25, -0.2) is 0 Å². The third-order valence-corrected chi connectivity index (χ3v) is 5.68. The first-order valence-corrected chi connectivity index (χ1v) is 10.5. The molecule has 0 amide bonds. The molecule has 0 heterocycles. The van der Waals surface area contributed by atoms with Gasteiger partial charge in [-0.15, -0.1) is 0 Å². The fourth-order valence-corrected chi connectivity index (χ4v) is 4.18. The van der Waals surface area contributed by atoms with E-state index in [1.54, 1.807) is 25.3 Å². The van der Waals surface area contributed by atoms with E-state index in [1.165, 1.54) is 77.0 Å². The molecular weight excluding hydrogens is 290 g/mol. The molecule has 0 aliphatic rings. The zero-order valence-corrected chi connectivity index (χ0v) is 20.0. The van der Waals surface area contributed by atoms with Gasteiger partial charge in [0.1, 0.15) is 0 Å². The molecule has 0 radical (unpaired) electrons. The first kappa shape index (κ1) is 25.9. The van der Waals surface area contributed by atoms with Crippen molar-refractivity contribution in [1.29, 1.82) is 0 Å². The van der Waals surface area contributed by atoms with E-state index in [1.807, 2.05) is 0 Å². The Kier molecular flexibility index (Phi) is 22.4. The maximum absolute atomic E-state index is 2.35. The van der Waals surface area contributed by atoms with Crippen LogP contribution in [0.5, 0.6) is 0 Å². The second-order valence-electron chi connectivity index (χ2n) is 7.72. The number of hydrogen-bond acceptors (Lipinski definition) is 0. The minimum atomic E-state index is -0.0383. The van der Waals surface area contributed by atoms with Crippen molar-refractivity contribution in [3.05, 3.63) is 0 Å². The molecule has 0 rings (SSSR count). The normalized spacial score (nSPS) is 11.5. The van der Waals surface area contributed by atoms with Crippen LogP contribution in [0.3, 0.4) is 0 Å². The van der Waals surface area contributed by atoms with Gasteiger partial charge in [0.05, 0.1) is 0 Å². The fourth-order valence-electron chi connectivity index (χ4n) is 4.18. The van der Waals surface area contributed by atoms with E-state index in [2.05, 4.69) is 27.7 Å². The fraction of sp³-hybridized carbons (Fsp3) is 1.00. The van der Waals surface area contributed by atoms with Crippen molar-refractivity contribution in [2.45, 2.75) is 130 Å². The van der Waals surface area contributed by atoms with Crippen LogP contribution in [-0.4, -0.2) is 6.15 Å². The summed E-state index contributed by atoms with van der Waals surface area (Å²) in [4.78, 5) is 0. The smallest absolute Gasteiger partial charge is 0.178 e. The Morgan fingerprint density at radius 3 is 0.818 bits per heavy atom. The summed E-state index contributed by atoms with van der Waals surface area (Å²) in [6.45, 7) is 9.39. The van der Waals surface area contributed by atoms with Crippen molar-refractivity contribution in [2.24, 2.45) is 0 Å². The van der Waals surface area contributed by atoms with E-state index in [9.17, 15) is 0 Å². The Balaban J connectivity index is 0. The third-order valence-electron chi connectivity index (χ3n) is 5.68. The summed E-state index contributed by atoms with van der Waals surface area (Å²) in [6, 6.07) is 0. The zero-order chi connectivity index (χ0) is 15.8. The third kappa shape index (κ3) is 14.1. The standard InChI is InChI=1S/C20H44B.K/c1-5-9-13-17-21(18-14-10-6-2,19-15-11-7-3)20-16-12-8-4;/h5-20H2,1-4H3;/q-1;+1. The SMILES string of the molecule is CCCCC[B-](CCCCC)(CCCCC)CCCCC.[K+]. The zero-order valence-electron chi connectivity index (χ0n) is 16.9. The molecule has 128 valence electrons. The second-order valence-corrected chi connectivity index (χ2v) is 7.72. The van der Waals surface area contributed by atoms with E-state index >= 15 is 0 Å². The summed E-state index contributed by atoms with van der Waals surface area (Å²) in [7, 11) is 0. The average molecular weight is 334 g/mol. The van der Waals surface area contributed by atoms with Crippen LogP contribution in [0.1, 0.15) is 105 Å². The quantitative estimate of drug-likeness (QED) is 0.269. The average Bonchev–Trinajstić information content (AvgIpc) is 2.48. The van der Waals surface area contributed by atoms with E-state index in [0.717, 1.165) is 0 Å². The Morgan fingerprint density at radius 2 is 0.636 bits per heavy atom. The van der Waals surface area contributed by atoms with Crippen LogP contribution in [0.15, 0.2) is 0 Å². The minimum absolute atomic E-state index is 0. The van der Waals surface area contributed by atoms with Gasteiger partial charge in [-0.05, 0) is 0 Å². The Bertz CT molecular complexity index is 160. The van der Waals surface area contributed by atoms with Gasteiger partial charge < -0.3 is 0 Å². The van der Waals surface area contributed by atoms with Crippen LogP contribution in [0.25, 0.3) is 0 Å². The van der Waals surface area contributed by atoms with Gasteiger partial charge in [0.25, 0.3) is 0 Å². The van der Waals surface area contributed by atoms with Gasteiger partial charge in [-0.1, -0.05) is 105 Å². The van der Waals surface area contributed by atoms with Gasteiger partial charge in [-0.3, -0.25) is 0 Å². The molecule has 0 bridgehead atoms. The molecule has 0 fully saturated rings. The monoisotopic (exact) mass is 334 g/mol. The molecule has 0 aromatic carbocycles. The summed E-state index contributed by atoms with van der Waals surface area (Å²) < 4.78 is 0. The van der Waals surface area contributed by atoms with Gasteiger partial charge in [0, 0.05) is 6.15 Å². The van der Waals surface area contributed by atoms with E-state index in [0.29, 0.717) is 0 Å². The van der Waals surface area contributed by atoms with Crippen molar-refractivity contribution in [2.75, 3.05) is 0 Å². The molecule has 0 nitrogen and oxygen atoms in total. The molecule has 0 aliphatic carbocycles. The van der Waals surface area contributed by atoms with Gasteiger partial charge in [-0.2, -0.15) is 25.3 Å². The molecule has 0 aromatic heterocycles. The maximum Gasteiger partial charge on any atom is 1.00 e. The van der Waals surface area contributed by atoms with Crippen LogP contribution in [0.4, 0.5) is 0 Å². The molecule has 0 saturated heterocycles.